The summed E-state index contributed by atoms with van der Waals surface area (Å²) in [5.41, 5.74) is 4.63. The topological polar surface area (TPSA) is 84.9 Å². The first-order chi connectivity index (χ1) is 13.1. The molecule has 2 unspecified atom stereocenters. The molecule has 6 nitrogen and oxygen atoms in total. The summed E-state index contributed by atoms with van der Waals surface area (Å²) < 4.78 is 10.9. The molecule has 1 heterocycles. The Labute approximate surface area is 157 Å². The lowest BCUT2D eigenvalue weighted by Crippen LogP contribution is -2.43. The van der Waals surface area contributed by atoms with Crippen molar-refractivity contribution in [3.05, 3.63) is 59.7 Å². The fraction of sp³-hybridized carbons (Fsp3) is 0.333. The molecule has 6 heteroatoms. The smallest absolute Gasteiger partial charge is 0.409 e. The van der Waals surface area contributed by atoms with E-state index in [1.807, 2.05) is 24.3 Å². The highest BCUT2D eigenvalue weighted by molar-refractivity contribution is 5.79. The Bertz CT molecular complexity index is 820. The number of carboxylic acid groups (broad SMARTS) is 1. The number of carboxylic acids is 1. The molecule has 2 aliphatic rings. The van der Waals surface area contributed by atoms with Gasteiger partial charge in [0.25, 0.3) is 0 Å². The van der Waals surface area contributed by atoms with E-state index in [1.54, 1.807) is 0 Å². The van der Waals surface area contributed by atoms with Crippen LogP contribution in [-0.4, -0.2) is 36.6 Å². The number of rotatable bonds is 4. The van der Waals surface area contributed by atoms with Crippen LogP contribution in [0.1, 0.15) is 29.9 Å². The summed E-state index contributed by atoms with van der Waals surface area (Å²) in [7, 11) is 0. The fourth-order valence-electron chi connectivity index (χ4n) is 3.89. The van der Waals surface area contributed by atoms with Crippen molar-refractivity contribution < 1.29 is 24.2 Å². The first-order valence-corrected chi connectivity index (χ1v) is 9.09. The third-order valence-electron chi connectivity index (χ3n) is 5.26. The third kappa shape index (κ3) is 3.53. The van der Waals surface area contributed by atoms with Crippen LogP contribution in [0.5, 0.6) is 0 Å². The normalized spacial score (nSPS) is 21.2. The van der Waals surface area contributed by atoms with Crippen molar-refractivity contribution in [2.45, 2.75) is 25.0 Å². The van der Waals surface area contributed by atoms with Crippen molar-refractivity contribution >= 4 is 12.1 Å². The number of fused-ring (bicyclic) bond motifs is 3. The SMILES string of the molecule is O=C(NC1CC(C(=O)O)CCO1)OCC1c2ccccc2-c2ccccc21. The van der Waals surface area contributed by atoms with Crippen molar-refractivity contribution in [1.82, 2.24) is 5.32 Å². The molecule has 1 amide bonds. The summed E-state index contributed by atoms with van der Waals surface area (Å²) in [4.78, 5) is 23.3. The standard InChI is InChI=1S/C21H21NO5/c23-20(24)13-9-10-26-19(11-13)22-21(25)27-12-18-16-7-3-1-5-14(16)15-6-2-4-8-17(15)18/h1-8,13,18-19H,9-12H2,(H,22,25)(H,23,24). The molecule has 0 spiro atoms. The van der Waals surface area contributed by atoms with Gasteiger partial charge in [0.1, 0.15) is 12.8 Å². The zero-order valence-electron chi connectivity index (χ0n) is 14.8. The molecular formula is C21H21NO5. The Morgan fingerprint density at radius 1 is 1.07 bits per heavy atom. The molecule has 2 atom stereocenters. The Morgan fingerprint density at radius 2 is 1.70 bits per heavy atom. The fourth-order valence-corrected chi connectivity index (χ4v) is 3.89. The van der Waals surface area contributed by atoms with Crippen LogP contribution in [0, 0.1) is 5.92 Å². The van der Waals surface area contributed by atoms with Crippen LogP contribution in [0.4, 0.5) is 4.79 Å². The maximum absolute atomic E-state index is 12.2. The van der Waals surface area contributed by atoms with Crippen molar-refractivity contribution in [3.63, 3.8) is 0 Å². The summed E-state index contributed by atoms with van der Waals surface area (Å²) in [5, 5.41) is 11.8. The van der Waals surface area contributed by atoms with Gasteiger partial charge in [0.05, 0.1) is 5.92 Å². The van der Waals surface area contributed by atoms with Crippen molar-refractivity contribution in [3.8, 4) is 11.1 Å². The maximum Gasteiger partial charge on any atom is 0.409 e. The lowest BCUT2D eigenvalue weighted by Gasteiger charge is -2.27. The first kappa shape index (κ1) is 17.5. The maximum atomic E-state index is 12.2. The Morgan fingerprint density at radius 3 is 2.33 bits per heavy atom. The second-order valence-corrected chi connectivity index (χ2v) is 6.89. The lowest BCUT2D eigenvalue weighted by atomic mass is 9.98. The van der Waals surface area contributed by atoms with Gasteiger partial charge in [0.2, 0.25) is 0 Å². The quantitative estimate of drug-likeness (QED) is 0.866. The minimum absolute atomic E-state index is 0.0119. The summed E-state index contributed by atoms with van der Waals surface area (Å²) in [6.45, 7) is 0.528. The van der Waals surface area contributed by atoms with Gasteiger partial charge >= 0.3 is 12.1 Å². The van der Waals surface area contributed by atoms with Gasteiger partial charge < -0.3 is 14.6 Å². The summed E-state index contributed by atoms with van der Waals surface area (Å²) >= 11 is 0. The summed E-state index contributed by atoms with van der Waals surface area (Å²) in [5.74, 6) is -1.38. The molecule has 1 saturated heterocycles. The van der Waals surface area contributed by atoms with Gasteiger partial charge in [-0.3, -0.25) is 10.1 Å². The largest absolute Gasteiger partial charge is 0.481 e. The van der Waals surface area contributed by atoms with Gasteiger partial charge in [-0.2, -0.15) is 0 Å². The molecule has 4 rings (SSSR count). The average molecular weight is 367 g/mol. The zero-order chi connectivity index (χ0) is 18.8. The Hall–Kier alpha value is -2.86. The van der Waals surface area contributed by atoms with Crippen molar-refractivity contribution in [1.29, 1.82) is 0 Å². The third-order valence-corrected chi connectivity index (χ3v) is 5.26. The molecule has 2 aromatic rings. The Kier molecular flexibility index (Phi) is 4.81. The van der Waals surface area contributed by atoms with E-state index < -0.39 is 24.2 Å². The van der Waals surface area contributed by atoms with Crippen molar-refractivity contribution in [2.24, 2.45) is 5.92 Å². The second kappa shape index (κ2) is 7.40. The van der Waals surface area contributed by atoms with E-state index in [4.69, 9.17) is 14.6 Å². The molecule has 27 heavy (non-hydrogen) atoms. The van der Waals surface area contributed by atoms with Gasteiger partial charge in [-0.15, -0.1) is 0 Å². The van der Waals surface area contributed by atoms with E-state index in [-0.39, 0.29) is 18.9 Å². The van der Waals surface area contributed by atoms with E-state index >= 15 is 0 Å². The minimum atomic E-state index is -0.863. The zero-order valence-corrected chi connectivity index (χ0v) is 14.8. The number of hydrogen-bond donors (Lipinski definition) is 2. The molecule has 2 N–H and O–H groups in total. The number of ether oxygens (including phenoxy) is 2. The predicted octanol–water partition coefficient (Wildman–Crippen LogP) is 3.36. The highest BCUT2D eigenvalue weighted by atomic mass is 16.6. The Balaban J connectivity index is 1.40. The first-order valence-electron chi connectivity index (χ1n) is 9.09. The molecule has 140 valence electrons. The number of amides is 1. The van der Waals surface area contributed by atoms with E-state index in [0.717, 1.165) is 11.1 Å². The average Bonchev–Trinajstić information content (AvgIpc) is 3.00. The van der Waals surface area contributed by atoms with Crippen LogP contribution in [-0.2, 0) is 14.3 Å². The summed E-state index contributed by atoms with van der Waals surface area (Å²) in [6.07, 6.45) is -0.513. The van der Waals surface area contributed by atoms with Crippen LogP contribution < -0.4 is 5.32 Å². The van der Waals surface area contributed by atoms with Crippen LogP contribution in [0.2, 0.25) is 0 Å². The number of benzene rings is 2. The number of carbonyl (C=O) groups is 2. The molecular weight excluding hydrogens is 346 g/mol. The highest BCUT2D eigenvalue weighted by Gasteiger charge is 2.31. The highest BCUT2D eigenvalue weighted by Crippen LogP contribution is 2.44. The van der Waals surface area contributed by atoms with Gasteiger partial charge in [-0.1, -0.05) is 48.5 Å². The molecule has 0 saturated carbocycles. The van der Waals surface area contributed by atoms with Gasteiger partial charge in [0.15, 0.2) is 0 Å². The van der Waals surface area contributed by atoms with E-state index in [1.165, 1.54) is 11.1 Å². The van der Waals surface area contributed by atoms with Crippen LogP contribution in [0.25, 0.3) is 11.1 Å². The van der Waals surface area contributed by atoms with Crippen molar-refractivity contribution in [2.75, 3.05) is 13.2 Å². The van der Waals surface area contributed by atoms with Gasteiger partial charge in [-0.05, 0) is 28.7 Å². The van der Waals surface area contributed by atoms with E-state index in [2.05, 4.69) is 29.6 Å². The van der Waals surface area contributed by atoms with Crippen LogP contribution in [0.15, 0.2) is 48.5 Å². The lowest BCUT2D eigenvalue weighted by molar-refractivity contribution is -0.147. The van der Waals surface area contributed by atoms with E-state index in [9.17, 15) is 9.59 Å². The second-order valence-electron chi connectivity index (χ2n) is 6.89. The monoisotopic (exact) mass is 367 g/mol. The van der Waals surface area contributed by atoms with Gasteiger partial charge in [0, 0.05) is 18.9 Å². The van der Waals surface area contributed by atoms with Crippen LogP contribution >= 0.6 is 0 Å². The van der Waals surface area contributed by atoms with Gasteiger partial charge in [-0.25, -0.2) is 4.79 Å². The number of carbonyl (C=O) groups excluding carboxylic acids is 1. The van der Waals surface area contributed by atoms with E-state index in [0.29, 0.717) is 13.0 Å². The predicted molar refractivity (Wildman–Crippen MR) is 98.3 cm³/mol. The molecule has 2 aromatic carbocycles. The molecule has 0 bridgehead atoms. The molecule has 1 aliphatic heterocycles. The molecule has 1 fully saturated rings. The number of nitrogens with one attached hydrogen (secondary N) is 1. The molecule has 0 aromatic heterocycles. The number of alkyl carbamates (subject to hydrolysis) is 1. The molecule has 0 radical (unpaired) electrons. The number of hydrogen-bond acceptors (Lipinski definition) is 4. The summed E-state index contributed by atoms with van der Waals surface area (Å²) in [6, 6.07) is 16.3. The molecule has 1 aliphatic carbocycles. The minimum Gasteiger partial charge on any atom is -0.481 e. The number of aliphatic carboxylic acids is 1. The van der Waals surface area contributed by atoms with Crippen LogP contribution in [0.3, 0.4) is 0 Å².